The van der Waals surface area contributed by atoms with Crippen LogP contribution < -0.4 is 10.1 Å². The summed E-state index contributed by atoms with van der Waals surface area (Å²) < 4.78 is 30.7. The third-order valence-electron chi connectivity index (χ3n) is 3.16. The molecule has 0 radical (unpaired) electrons. The molecule has 3 rings (SSSR count). The van der Waals surface area contributed by atoms with Gasteiger partial charge in [-0.15, -0.1) is 0 Å². The topological polar surface area (TPSA) is 69.0 Å². The predicted octanol–water partition coefficient (Wildman–Crippen LogP) is 3.12. The number of hydrogen-bond acceptors (Lipinski definition) is 4. The molecule has 0 aliphatic carbocycles. The van der Waals surface area contributed by atoms with Crippen molar-refractivity contribution < 1.29 is 18.3 Å². The molecule has 8 heteroatoms. The maximum Gasteiger partial charge on any atom is 0.387 e. The molecule has 0 saturated carbocycles. The minimum Gasteiger partial charge on any atom is -0.434 e. The summed E-state index contributed by atoms with van der Waals surface area (Å²) >= 11 is 0. The molecule has 0 spiro atoms. The van der Waals surface area contributed by atoms with Crippen molar-refractivity contribution in [2.24, 2.45) is 0 Å². The zero-order valence-electron chi connectivity index (χ0n) is 12.3. The molecular weight excluding hydrogens is 318 g/mol. The van der Waals surface area contributed by atoms with Crippen molar-refractivity contribution in [1.29, 1.82) is 0 Å². The first kappa shape index (κ1) is 15.6. The smallest absolute Gasteiger partial charge is 0.387 e. The number of carbonyl (C=O) groups is 1. The maximum atomic E-state index is 12.4. The van der Waals surface area contributed by atoms with Gasteiger partial charge in [-0.3, -0.25) is 4.79 Å². The average Bonchev–Trinajstić information content (AvgIpc) is 3.10. The molecule has 24 heavy (non-hydrogen) atoms. The Balaban J connectivity index is 1.75. The van der Waals surface area contributed by atoms with Crippen LogP contribution in [0, 0.1) is 0 Å². The Labute approximate surface area is 135 Å². The zero-order valence-corrected chi connectivity index (χ0v) is 12.3. The maximum absolute atomic E-state index is 12.4. The van der Waals surface area contributed by atoms with Gasteiger partial charge >= 0.3 is 6.61 Å². The van der Waals surface area contributed by atoms with E-state index in [4.69, 9.17) is 0 Å². The van der Waals surface area contributed by atoms with Gasteiger partial charge in [-0.25, -0.2) is 9.67 Å². The highest BCUT2D eigenvalue weighted by atomic mass is 19.3. The van der Waals surface area contributed by atoms with Gasteiger partial charge in [0.25, 0.3) is 5.91 Å². The monoisotopic (exact) mass is 330 g/mol. The number of para-hydroxylation sites is 1. The summed E-state index contributed by atoms with van der Waals surface area (Å²) in [4.78, 5) is 16.1. The van der Waals surface area contributed by atoms with Crippen molar-refractivity contribution in [3.8, 4) is 11.4 Å². The van der Waals surface area contributed by atoms with E-state index in [2.05, 4.69) is 20.1 Å². The van der Waals surface area contributed by atoms with Crippen molar-refractivity contribution >= 4 is 11.6 Å². The van der Waals surface area contributed by atoms with E-state index >= 15 is 0 Å². The molecule has 0 saturated heterocycles. The number of nitrogens with one attached hydrogen (secondary N) is 1. The average molecular weight is 330 g/mol. The van der Waals surface area contributed by atoms with Gasteiger partial charge in [0.15, 0.2) is 0 Å². The Morgan fingerprint density at radius 1 is 1.12 bits per heavy atom. The van der Waals surface area contributed by atoms with E-state index in [0.29, 0.717) is 5.69 Å². The summed E-state index contributed by atoms with van der Waals surface area (Å²) in [6, 6.07) is 12.6. The van der Waals surface area contributed by atoms with Gasteiger partial charge < -0.3 is 10.1 Å². The van der Waals surface area contributed by atoms with Crippen LogP contribution in [0.3, 0.4) is 0 Å². The minimum absolute atomic E-state index is 0.0261. The fourth-order valence-electron chi connectivity index (χ4n) is 2.09. The molecule has 3 aromatic rings. The second kappa shape index (κ2) is 6.86. The molecular formula is C16H12F2N4O2. The van der Waals surface area contributed by atoms with E-state index in [0.717, 1.165) is 5.69 Å². The number of aromatic nitrogens is 3. The lowest BCUT2D eigenvalue weighted by atomic mass is 10.2. The summed E-state index contributed by atoms with van der Waals surface area (Å²) in [6.07, 6.45) is 2.96. The van der Waals surface area contributed by atoms with E-state index in [1.807, 2.05) is 0 Å². The lowest BCUT2D eigenvalue weighted by molar-refractivity contribution is -0.0501. The highest BCUT2D eigenvalue weighted by Crippen LogP contribution is 2.22. The van der Waals surface area contributed by atoms with Crippen molar-refractivity contribution in [3.63, 3.8) is 0 Å². The number of benzene rings is 2. The van der Waals surface area contributed by atoms with E-state index < -0.39 is 12.5 Å². The van der Waals surface area contributed by atoms with E-state index in [9.17, 15) is 13.6 Å². The lowest BCUT2D eigenvalue weighted by Gasteiger charge is -2.11. The van der Waals surface area contributed by atoms with Crippen LogP contribution >= 0.6 is 0 Å². The number of amides is 1. The molecule has 0 aliphatic heterocycles. The van der Waals surface area contributed by atoms with E-state index in [1.165, 1.54) is 24.5 Å². The van der Waals surface area contributed by atoms with Gasteiger partial charge in [0, 0.05) is 5.69 Å². The third kappa shape index (κ3) is 3.54. The van der Waals surface area contributed by atoms with Crippen LogP contribution in [0.4, 0.5) is 14.5 Å². The number of ether oxygens (including phenoxy) is 1. The molecule has 122 valence electrons. The summed E-state index contributed by atoms with van der Waals surface area (Å²) in [5.41, 5.74) is 1.31. The van der Waals surface area contributed by atoms with E-state index in [1.54, 1.807) is 41.3 Å². The molecule has 2 aromatic carbocycles. The molecule has 0 aliphatic rings. The summed E-state index contributed by atoms with van der Waals surface area (Å²) in [5.74, 6) is -0.719. The fraction of sp³-hybridized carbons (Fsp3) is 0.0625. The van der Waals surface area contributed by atoms with Crippen molar-refractivity contribution in [2.75, 3.05) is 5.32 Å². The zero-order chi connectivity index (χ0) is 16.9. The van der Waals surface area contributed by atoms with E-state index in [-0.39, 0.29) is 11.3 Å². The Kier molecular flexibility index (Phi) is 4.46. The highest BCUT2D eigenvalue weighted by molar-refractivity contribution is 6.06. The molecule has 1 N–H and O–H groups in total. The highest BCUT2D eigenvalue weighted by Gasteiger charge is 2.15. The number of rotatable bonds is 5. The minimum atomic E-state index is -3.00. The van der Waals surface area contributed by atoms with Crippen LogP contribution in [0.25, 0.3) is 5.69 Å². The van der Waals surface area contributed by atoms with Crippen LogP contribution in [-0.4, -0.2) is 27.3 Å². The molecule has 0 bridgehead atoms. The van der Waals surface area contributed by atoms with Gasteiger partial charge in [-0.1, -0.05) is 12.1 Å². The van der Waals surface area contributed by atoms with Crippen LogP contribution in [0.1, 0.15) is 10.4 Å². The van der Waals surface area contributed by atoms with Crippen LogP contribution in [0.15, 0.2) is 61.2 Å². The second-order valence-electron chi connectivity index (χ2n) is 4.72. The standard InChI is InChI=1S/C16H12F2N4O2/c17-16(18)24-14-4-2-1-3-13(14)15(23)21-11-5-7-12(8-6-11)22-10-19-9-20-22/h1-10,16H,(H,21,23). The Bertz CT molecular complexity index is 820. The number of carbonyl (C=O) groups excluding carboxylic acids is 1. The molecule has 1 aromatic heterocycles. The van der Waals surface area contributed by atoms with Gasteiger partial charge in [0.05, 0.1) is 11.3 Å². The fourth-order valence-corrected chi connectivity index (χ4v) is 2.09. The normalized spacial score (nSPS) is 10.6. The molecule has 1 heterocycles. The molecule has 0 unspecified atom stereocenters. The SMILES string of the molecule is O=C(Nc1ccc(-n2cncn2)cc1)c1ccccc1OC(F)F. The van der Waals surface area contributed by atoms with Crippen molar-refractivity contribution in [3.05, 3.63) is 66.7 Å². The first-order valence-electron chi connectivity index (χ1n) is 6.94. The quantitative estimate of drug-likeness (QED) is 0.780. The Morgan fingerprint density at radius 3 is 2.54 bits per heavy atom. The first-order chi connectivity index (χ1) is 11.6. The number of alkyl halides is 2. The predicted molar refractivity (Wildman–Crippen MR) is 82.4 cm³/mol. The van der Waals surface area contributed by atoms with Crippen LogP contribution in [-0.2, 0) is 0 Å². The van der Waals surface area contributed by atoms with Crippen molar-refractivity contribution in [2.45, 2.75) is 6.61 Å². The second-order valence-corrected chi connectivity index (χ2v) is 4.72. The summed E-state index contributed by atoms with van der Waals surface area (Å²) in [6.45, 7) is -3.00. The Hall–Kier alpha value is -3.29. The molecule has 6 nitrogen and oxygen atoms in total. The number of hydrogen-bond donors (Lipinski definition) is 1. The van der Waals surface area contributed by atoms with Gasteiger partial charge in [-0.2, -0.15) is 13.9 Å². The summed E-state index contributed by atoms with van der Waals surface area (Å²) in [5, 5.41) is 6.63. The first-order valence-corrected chi connectivity index (χ1v) is 6.94. The molecule has 0 fully saturated rings. The van der Waals surface area contributed by atoms with Gasteiger partial charge in [0.1, 0.15) is 18.4 Å². The lowest BCUT2D eigenvalue weighted by Crippen LogP contribution is -2.15. The van der Waals surface area contributed by atoms with Crippen LogP contribution in [0.2, 0.25) is 0 Å². The number of nitrogens with zero attached hydrogens (tertiary/aromatic N) is 3. The van der Waals surface area contributed by atoms with Crippen molar-refractivity contribution in [1.82, 2.24) is 14.8 Å². The third-order valence-corrected chi connectivity index (χ3v) is 3.16. The number of halogens is 2. The van der Waals surface area contributed by atoms with Gasteiger partial charge in [-0.05, 0) is 36.4 Å². The van der Waals surface area contributed by atoms with Crippen LogP contribution in [0.5, 0.6) is 5.75 Å². The van der Waals surface area contributed by atoms with Gasteiger partial charge in [0.2, 0.25) is 0 Å². The Morgan fingerprint density at radius 2 is 1.88 bits per heavy atom. The number of anilines is 1. The molecule has 1 amide bonds. The molecule has 0 atom stereocenters. The largest absolute Gasteiger partial charge is 0.434 e. The summed E-state index contributed by atoms with van der Waals surface area (Å²) in [7, 11) is 0.